The van der Waals surface area contributed by atoms with Crippen LogP contribution in [0.4, 0.5) is 0 Å². The van der Waals surface area contributed by atoms with Crippen molar-refractivity contribution < 1.29 is 9.53 Å². The van der Waals surface area contributed by atoms with Crippen molar-refractivity contribution in [2.24, 2.45) is 0 Å². The summed E-state index contributed by atoms with van der Waals surface area (Å²) >= 11 is 5.52. The molecule has 0 aliphatic heterocycles. The Labute approximate surface area is 135 Å². The van der Waals surface area contributed by atoms with Gasteiger partial charge in [0.05, 0.1) is 6.54 Å². The van der Waals surface area contributed by atoms with E-state index in [1.165, 1.54) is 0 Å². The van der Waals surface area contributed by atoms with E-state index in [1.807, 2.05) is 42.5 Å². The quantitative estimate of drug-likeness (QED) is 0.656. The molecule has 22 heavy (non-hydrogen) atoms. The van der Waals surface area contributed by atoms with Gasteiger partial charge in [0.15, 0.2) is 0 Å². The number of ether oxygens (including phenoxy) is 1. The maximum Gasteiger partial charge on any atom is 0.220 e. The molecule has 0 radical (unpaired) electrons. The first-order chi connectivity index (χ1) is 10.8. The minimum Gasteiger partial charge on any atom is -0.480 e. The molecule has 114 valence electrons. The molecule has 0 bridgehead atoms. The number of benzene rings is 2. The van der Waals surface area contributed by atoms with Crippen LogP contribution >= 0.6 is 11.6 Å². The summed E-state index contributed by atoms with van der Waals surface area (Å²) in [6, 6.07) is 14.0. The van der Waals surface area contributed by atoms with Crippen molar-refractivity contribution in [3.8, 4) is 17.6 Å². The van der Waals surface area contributed by atoms with E-state index in [4.69, 9.17) is 16.3 Å². The van der Waals surface area contributed by atoms with Crippen molar-refractivity contribution in [1.82, 2.24) is 5.32 Å². The molecule has 2 rings (SSSR count). The second-order valence-corrected chi connectivity index (χ2v) is 5.07. The Morgan fingerprint density at radius 1 is 1.14 bits per heavy atom. The third kappa shape index (κ3) is 4.98. The number of amides is 1. The van der Waals surface area contributed by atoms with Gasteiger partial charge in [0.25, 0.3) is 0 Å². The largest absolute Gasteiger partial charge is 0.480 e. The van der Waals surface area contributed by atoms with Gasteiger partial charge in [-0.25, -0.2) is 0 Å². The van der Waals surface area contributed by atoms with Gasteiger partial charge in [0.1, 0.15) is 12.4 Å². The van der Waals surface area contributed by atoms with Crippen LogP contribution in [0.25, 0.3) is 10.8 Å². The summed E-state index contributed by atoms with van der Waals surface area (Å²) < 4.78 is 5.69. The van der Waals surface area contributed by atoms with Gasteiger partial charge in [0.2, 0.25) is 5.91 Å². The summed E-state index contributed by atoms with van der Waals surface area (Å²) in [4.78, 5) is 11.3. The maximum atomic E-state index is 11.3. The lowest BCUT2D eigenvalue weighted by molar-refractivity contribution is -0.120. The average molecular weight is 316 g/mol. The molecule has 0 fully saturated rings. The Morgan fingerprint density at radius 3 is 2.82 bits per heavy atom. The lowest BCUT2D eigenvalue weighted by Gasteiger charge is -2.06. The summed E-state index contributed by atoms with van der Waals surface area (Å²) in [5.41, 5.74) is 0. The highest BCUT2D eigenvalue weighted by molar-refractivity contribution is 6.17. The maximum absolute atomic E-state index is 11.3. The van der Waals surface area contributed by atoms with Crippen LogP contribution in [0.3, 0.4) is 0 Å². The number of rotatable bonds is 6. The molecule has 2 aromatic carbocycles. The molecule has 1 amide bonds. The van der Waals surface area contributed by atoms with Gasteiger partial charge in [-0.15, -0.1) is 11.6 Å². The van der Waals surface area contributed by atoms with Gasteiger partial charge < -0.3 is 10.1 Å². The predicted octanol–water partition coefficient (Wildman–Crippen LogP) is 3.36. The number of fused-ring (bicyclic) bond motifs is 1. The van der Waals surface area contributed by atoms with Crippen LogP contribution in [0, 0.1) is 11.8 Å². The van der Waals surface area contributed by atoms with Crippen molar-refractivity contribution in [3.63, 3.8) is 0 Å². The van der Waals surface area contributed by atoms with E-state index < -0.39 is 0 Å². The molecular formula is C18H18ClNO2. The third-order valence-corrected chi connectivity index (χ3v) is 3.35. The first-order valence-corrected chi connectivity index (χ1v) is 7.73. The van der Waals surface area contributed by atoms with Crippen LogP contribution in [0.5, 0.6) is 5.75 Å². The van der Waals surface area contributed by atoms with Crippen LogP contribution in [-0.4, -0.2) is 24.9 Å². The molecule has 0 unspecified atom stereocenters. The summed E-state index contributed by atoms with van der Waals surface area (Å²) in [6.07, 6.45) is 1.13. The fraction of sp³-hybridized carbons (Fsp3) is 0.278. The Balaban J connectivity index is 1.79. The minimum atomic E-state index is -0.0232. The van der Waals surface area contributed by atoms with Crippen LogP contribution < -0.4 is 10.1 Å². The Morgan fingerprint density at radius 2 is 1.95 bits per heavy atom. The van der Waals surface area contributed by atoms with E-state index in [9.17, 15) is 4.79 Å². The van der Waals surface area contributed by atoms with Gasteiger partial charge >= 0.3 is 0 Å². The number of carbonyl (C=O) groups is 1. The second-order valence-electron chi connectivity index (χ2n) is 4.69. The van der Waals surface area contributed by atoms with E-state index in [0.717, 1.165) is 16.5 Å². The number of alkyl halides is 1. The van der Waals surface area contributed by atoms with Gasteiger partial charge in [-0.3, -0.25) is 4.79 Å². The van der Waals surface area contributed by atoms with Crippen molar-refractivity contribution in [3.05, 3.63) is 42.5 Å². The molecule has 0 aliphatic rings. The van der Waals surface area contributed by atoms with Crippen molar-refractivity contribution in [1.29, 1.82) is 0 Å². The van der Waals surface area contributed by atoms with Crippen molar-refractivity contribution in [2.75, 3.05) is 19.0 Å². The van der Waals surface area contributed by atoms with Crippen LogP contribution in [0.1, 0.15) is 12.8 Å². The highest BCUT2D eigenvalue weighted by Crippen LogP contribution is 2.24. The van der Waals surface area contributed by atoms with Crippen LogP contribution in [0.15, 0.2) is 42.5 Å². The van der Waals surface area contributed by atoms with E-state index >= 15 is 0 Å². The molecule has 4 heteroatoms. The SMILES string of the molecule is O=C(CCCCl)NCC#CCOc1cccc2ccccc12. The molecule has 0 atom stereocenters. The lowest BCUT2D eigenvalue weighted by Crippen LogP contribution is -2.23. The highest BCUT2D eigenvalue weighted by atomic mass is 35.5. The molecule has 0 aromatic heterocycles. The summed E-state index contributed by atoms with van der Waals surface area (Å²) in [7, 11) is 0. The predicted molar refractivity (Wildman–Crippen MR) is 90.2 cm³/mol. The molecule has 0 aliphatic carbocycles. The van der Waals surface area contributed by atoms with Crippen molar-refractivity contribution >= 4 is 28.3 Å². The van der Waals surface area contributed by atoms with E-state index in [1.54, 1.807) is 0 Å². The van der Waals surface area contributed by atoms with Crippen molar-refractivity contribution in [2.45, 2.75) is 12.8 Å². The monoisotopic (exact) mass is 315 g/mol. The number of hydrogen-bond acceptors (Lipinski definition) is 2. The normalized spacial score (nSPS) is 9.86. The average Bonchev–Trinajstić information content (AvgIpc) is 2.56. The molecule has 3 nitrogen and oxygen atoms in total. The first kappa shape index (κ1) is 16.2. The molecular weight excluding hydrogens is 298 g/mol. The molecule has 0 heterocycles. The third-order valence-electron chi connectivity index (χ3n) is 3.09. The fourth-order valence-electron chi connectivity index (χ4n) is 2.01. The Kier molecular flexibility index (Phi) is 6.60. The van der Waals surface area contributed by atoms with Crippen LogP contribution in [0.2, 0.25) is 0 Å². The van der Waals surface area contributed by atoms with E-state index in [0.29, 0.717) is 31.9 Å². The molecule has 2 aromatic rings. The minimum absolute atomic E-state index is 0.0232. The molecule has 0 saturated carbocycles. The van der Waals surface area contributed by atoms with E-state index in [2.05, 4.69) is 17.2 Å². The second kappa shape index (κ2) is 8.96. The van der Waals surface area contributed by atoms with Gasteiger partial charge in [-0.1, -0.05) is 48.2 Å². The zero-order valence-corrected chi connectivity index (χ0v) is 13.0. The first-order valence-electron chi connectivity index (χ1n) is 7.20. The topological polar surface area (TPSA) is 38.3 Å². The number of nitrogens with one attached hydrogen (secondary N) is 1. The number of hydrogen-bond donors (Lipinski definition) is 1. The van der Waals surface area contributed by atoms with Gasteiger partial charge in [-0.05, 0) is 17.9 Å². The zero-order chi connectivity index (χ0) is 15.6. The Hall–Kier alpha value is -2.18. The zero-order valence-electron chi connectivity index (χ0n) is 12.3. The Bertz CT molecular complexity index is 683. The molecule has 0 spiro atoms. The number of carbonyl (C=O) groups excluding carboxylic acids is 1. The van der Waals surface area contributed by atoms with E-state index in [-0.39, 0.29) is 5.91 Å². The molecule has 0 saturated heterocycles. The highest BCUT2D eigenvalue weighted by Gasteiger charge is 1.99. The smallest absolute Gasteiger partial charge is 0.220 e. The number of halogens is 1. The lowest BCUT2D eigenvalue weighted by atomic mass is 10.1. The fourth-order valence-corrected chi connectivity index (χ4v) is 2.14. The van der Waals surface area contributed by atoms with Crippen LogP contribution in [-0.2, 0) is 4.79 Å². The van der Waals surface area contributed by atoms with Gasteiger partial charge in [-0.2, -0.15) is 0 Å². The molecule has 1 N–H and O–H groups in total. The summed E-state index contributed by atoms with van der Waals surface area (Å²) in [5, 5.41) is 4.93. The van der Waals surface area contributed by atoms with Gasteiger partial charge in [0, 0.05) is 17.7 Å². The summed E-state index contributed by atoms with van der Waals surface area (Å²) in [6.45, 7) is 0.631. The summed E-state index contributed by atoms with van der Waals surface area (Å²) in [5.74, 6) is 7.06. The standard InChI is InChI=1S/C18H18ClNO2/c19-12-6-11-18(21)20-13-3-4-14-22-17-10-5-8-15-7-1-2-9-16(15)17/h1-2,5,7-10H,6,11-14H2,(H,20,21).